The van der Waals surface area contributed by atoms with Crippen molar-refractivity contribution in [3.8, 4) is 0 Å². The number of aromatic nitrogens is 3. The topological polar surface area (TPSA) is 100 Å². The van der Waals surface area contributed by atoms with E-state index in [2.05, 4.69) is 30.5 Å². The molecule has 0 aromatic carbocycles. The van der Waals surface area contributed by atoms with Crippen LogP contribution in [0.15, 0.2) is 43.2 Å². The second-order valence-corrected chi connectivity index (χ2v) is 7.86. The van der Waals surface area contributed by atoms with Gasteiger partial charge in [-0.05, 0) is 50.2 Å². The highest BCUT2D eigenvalue weighted by Gasteiger charge is 2.45. The van der Waals surface area contributed by atoms with Crippen LogP contribution in [0, 0.1) is 5.92 Å². The second-order valence-electron chi connectivity index (χ2n) is 7.86. The molecule has 4 rings (SSSR count). The molecule has 29 heavy (non-hydrogen) atoms. The molecule has 1 saturated heterocycles. The molecule has 3 heterocycles. The van der Waals surface area contributed by atoms with Crippen molar-refractivity contribution in [1.29, 1.82) is 0 Å². The van der Waals surface area contributed by atoms with E-state index in [4.69, 9.17) is 0 Å². The van der Waals surface area contributed by atoms with Crippen molar-refractivity contribution in [1.82, 2.24) is 25.6 Å². The zero-order valence-electron chi connectivity index (χ0n) is 16.4. The molecule has 0 radical (unpaired) electrons. The van der Waals surface area contributed by atoms with Crippen LogP contribution in [0.3, 0.4) is 0 Å². The third-order valence-electron chi connectivity index (χ3n) is 6.01. The predicted molar refractivity (Wildman–Crippen MR) is 108 cm³/mol. The van der Waals surface area contributed by atoms with E-state index in [1.807, 2.05) is 24.5 Å². The van der Waals surface area contributed by atoms with Crippen molar-refractivity contribution in [2.24, 2.45) is 5.92 Å². The minimum Gasteiger partial charge on any atom is -0.371 e. The summed E-state index contributed by atoms with van der Waals surface area (Å²) in [5, 5.41) is 6.01. The predicted octanol–water partition coefficient (Wildman–Crippen LogP) is 1.56. The minimum absolute atomic E-state index is 0.0782. The van der Waals surface area contributed by atoms with Crippen LogP contribution in [0.2, 0.25) is 0 Å². The lowest BCUT2D eigenvalue weighted by Crippen LogP contribution is -2.63. The molecule has 2 aromatic rings. The molecule has 152 valence electrons. The molecule has 0 bridgehead atoms. The van der Waals surface area contributed by atoms with Crippen LogP contribution in [-0.2, 0) is 4.79 Å². The summed E-state index contributed by atoms with van der Waals surface area (Å²) < 4.78 is 0. The summed E-state index contributed by atoms with van der Waals surface area (Å²) in [4.78, 5) is 39.5. The smallest absolute Gasteiger partial charge is 0.255 e. The van der Waals surface area contributed by atoms with Gasteiger partial charge in [-0.1, -0.05) is 0 Å². The molecule has 2 aromatic heterocycles. The molecule has 0 atom stereocenters. The Morgan fingerprint density at radius 3 is 2.38 bits per heavy atom. The lowest BCUT2D eigenvalue weighted by atomic mass is 9.75. The highest BCUT2D eigenvalue weighted by molar-refractivity contribution is 5.99. The largest absolute Gasteiger partial charge is 0.371 e. The van der Waals surface area contributed by atoms with Gasteiger partial charge in [-0.15, -0.1) is 0 Å². The Bertz CT molecular complexity index is 833. The number of nitrogens with one attached hydrogen (secondary N) is 2. The quantitative estimate of drug-likeness (QED) is 0.771. The van der Waals surface area contributed by atoms with Gasteiger partial charge in [0.15, 0.2) is 0 Å². The summed E-state index contributed by atoms with van der Waals surface area (Å²) in [6.45, 7) is 2.59. The molecule has 1 aliphatic heterocycles. The van der Waals surface area contributed by atoms with Gasteiger partial charge in [-0.3, -0.25) is 14.6 Å². The molecule has 8 nitrogen and oxygen atoms in total. The van der Waals surface area contributed by atoms with Crippen LogP contribution in [0.25, 0.3) is 0 Å². The Morgan fingerprint density at radius 2 is 1.76 bits per heavy atom. The molecular weight excluding hydrogens is 368 g/mol. The number of rotatable bonds is 6. The lowest BCUT2D eigenvalue weighted by molar-refractivity contribution is -0.130. The van der Waals surface area contributed by atoms with Crippen LogP contribution in [0.4, 0.5) is 5.69 Å². The fraction of sp³-hybridized carbons (Fsp3) is 0.476. The molecule has 2 N–H and O–H groups in total. The maximum atomic E-state index is 12.9. The van der Waals surface area contributed by atoms with Crippen molar-refractivity contribution < 1.29 is 9.59 Å². The number of anilines is 1. The van der Waals surface area contributed by atoms with Crippen molar-refractivity contribution >= 4 is 17.5 Å². The fourth-order valence-electron chi connectivity index (χ4n) is 4.00. The second kappa shape index (κ2) is 8.55. The van der Waals surface area contributed by atoms with Gasteiger partial charge in [0, 0.05) is 50.1 Å². The Morgan fingerprint density at radius 1 is 1.07 bits per heavy atom. The number of pyridine rings is 1. The van der Waals surface area contributed by atoms with Crippen LogP contribution in [-0.4, -0.2) is 51.9 Å². The van der Waals surface area contributed by atoms with Gasteiger partial charge in [0.25, 0.3) is 5.91 Å². The van der Waals surface area contributed by atoms with E-state index < -0.39 is 5.54 Å². The molecule has 2 fully saturated rings. The summed E-state index contributed by atoms with van der Waals surface area (Å²) in [6.07, 6.45) is 12.3. The molecule has 0 spiro atoms. The number of nitrogens with zero attached hydrogens (tertiary/aromatic N) is 4. The van der Waals surface area contributed by atoms with E-state index >= 15 is 0 Å². The minimum atomic E-state index is -0.801. The summed E-state index contributed by atoms with van der Waals surface area (Å²) in [7, 11) is 0. The zero-order valence-corrected chi connectivity index (χ0v) is 16.4. The Balaban J connectivity index is 1.27. The van der Waals surface area contributed by atoms with Crippen molar-refractivity contribution in [3.05, 3.63) is 48.8 Å². The average Bonchev–Trinajstić information content (AvgIpc) is 2.76. The maximum Gasteiger partial charge on any atom is 0.255 e. The van der Waals surface area contributed by atoms with E-state index in [1.165, 1.54) is 24.4 Å². The van der Waals surface area contributed by atoms with Gasteiger partial charge < -0.3 is 15.5 Å². The summed E-state index contributed by atoms with van der Waals surface area (Å²) in [5.74, 6) is 0.0732. The van der Waals surface area contributed by atoms with Crippen molar-refractivity contribution in [3.63, 3.8) is 0 Å². The molecule has 2 aliphatic rings. The van der Waals surface area contributed by atoms with Crippen molar-refractivity contribution in [2.45, 2.75) is 37.6 Å². The van der Waals surface area contributed by atoms with E-state index in [1.54, 1.807) is 0 Å². The van der Waals surface area contributed by atoms with Gasteiger partial charge in [0.05, 0.1) is 5.56 Å². The lowest BCUT2D eigenvalue weighted by Gasteiger charge is -2.41. The number of carbonyl (C=O) groups excluding carboxylic acids is 2. The van der Waals surface area contributed by atoms with E-state index in [0.29, 0.717) is 30.9 Å². The molecule has 8 heteroatoms. The first kappa shape index (κ1) is 19.3. The molecule has 1 saturated carbocycles. The van der Waals surface area contributed by atoms with Gasteiger partial charge >= 0.3 is 0 Å². The standard InChI is InChI=1S/C21H26N6O2/c28-19(17-13-23-15-24-14-17)26-21(6-1-7-21)20(29)25-12-16-4-10-27(11-5-16)18-2-8-22-9-3-18/h2-3,8-9,13-16H,1,4-7,10-12H2,(H,25,29)(H,26,28). The van der Waals surface area contributed by atoms with Gasteiger partial charge in [0.1, 0.15) is 11.9 Å². The van der Waals surface area contributed by atoms with Gasteiger partial charge in [-0.2, -0.15) is 0 Å². The van der Waals surface area contributed by atoms with E-state index in [9.17, 15) is 9.59 Å². The highest BCUT2D eigenvalue weighted by Crippen LogP contribution is 2.32. The van der Waals surface area contributed by atoms with E-state index in [-0.39, 0.29) is 11.8 Å². The first-order chi connectivity index (χ1) is 14.2. The number of piperidine rings is 1. The first-order valence-electron chi connectivity index (χ1n) is 10.2. The third-order valence-corrected chi connectivity index (χ3v) is 6.01. The first-order valence-corrected chi connectivity index (χ1v) is 10.2. The highest BCUT2D eigenvalue weighted by atomic mass is 16.2. The SMILES string of the molecule is O=C(NC1(C(=O)NCC2CCN(c3ccncc3)CC2)CCC1)c1cncnc1. The number of carbonyl (C=O) groups is 2. The molecule has 2 amide bonds. The average molecular weight is 394 g/mol. The Labute approximate surface area is 170 Å². The van der Waals surface area contributed by atoms with Crippen LogP contribution in [0.5, 0.6) is 0 Å². The van der Waals surface area contributed by atoms with Crippen LogP contribution in [0.1, 0.15) is 42.5 Å². The summed E-state index contributed by atoms with van der Waals surface area (Å²) in [5.41, 5.74) is 0.767. The molecule has 0 unspecified atom stereocenters. The monoisotopic (exact) mass is 394 g/mol. The van der Waals surface area contributed by atoms with Crippen LogP contribution < -0.4 is 15.5 Å². The normalized spacial score (nSPS) is 18.6. The zero-order chi connectivity index (χ0) is 20.1. The fourth-order valence-corrected chi connectivity index (χ4v) is 4.00. The third kappa shape index (κ3) is 4.36. The van der Waals surface area contributed by atoms with Gasteiger partial charge in [0.2, 0.25) is 5.91 Å². The Kier molecular flexibility index (Phi) is 5.69. The van der Waals surface area contributed by atoms with Crippen LogP contribution >= 0.6 is 0 Å². The number of hydrogen-bond donors (Lipinski definition) is 2. The van der Waals surface area contributed by atoms with Crippen molar-refractivity contribution in [2.75, 3.05) is 24.5 Å². The number of amides is 2. The summed E-state index contributed by atoms with van der Waals surface area (Å²) >= 11 is 0. The van der Waals surface area contributed by atoms with Gasteiger partial charge in [-0.25, -0.2) is 9.97 Å². The molecule has 1 aliphatic carbocycles. The Hall–Kier alpha value is -3.03. The maximum absolute atomic E-state index is 12.9. The molecular formula is C21H26N6O2. The summed E-state index contributed by atoms with van der Waals surface area (Å²) in [6, 6.07) is 4.06. The van der Waals surface area contributed by atoms with E-state index in [0.717, 1.165) is 32.4 Å². The number of hydrogen-bond acceptors (Lipinski definition) is 6.